The first kappa shape index (κ1) is 18.3. The summed E-state index contributed by atoms with van der Waals surface area (Å²) in [5.74, 6) is 8.46. The molecule has 0 atom stereocenters. The minimum atomic E-state index is 0.437. The lowest BCUT2D eigenvalue weighted by atomic mass is 10.2. The topological polar surface area (TPSA) is 106 Å². The number of aromatic nitrogens is 2. The van der Waals surface area contributed by atoms with E-state index in [1.54, 1.807) is 20.3 Å². The van der Waals surface area contributed by atoms with Crippen LogP contribution in [0.2, 0.25) is 0 Å². The number of rotatable bonds is 8. The van der Waals surface area contributed by atoms with Gasteiger partial charge in [-0.15, -0.1) is 0 Å². The average Bonchev–Trinajstić information content (AvgIpc) is 2.72. The van der Waals surface area contributed by atoms with E-state index >= 15 is 0 Å². The Bertz CT molecular complexity index is 889. The van der Waals surface area contributed by atoms with Gasteiger partial charge in [0.25, 0.3) is 0 Å². The standard InChI is InChI=1S/C19H22N6O2/c1-26-15-9-8-13(10-16(15)27-2)12-21-17-11-18(25-20)24-19(23-17)22-14-6-4-3-5-7-14/h3-11H,12,20H2,1-2H3,(H3,21,22,23,24,25). The Morgan fingerprint density at radius 2 is 1.63 bits per heavy atom. The molecule has 5 N–H and O–H groups in total. The number of ether oxygens (including phenoxy) is 2. The van der Waals surface area contributed by atoms with Gasteiger partial charge in [-0.05, 0) is 29.8 Å². The molecule has 0 fully saturated rings. The van der Waals surface area contributed by atoms with E-state index in [1.807, 2.05) is 48.5 Å². The van der Waals surface area contributed by atoms with Gasteiger partial charge in [0.15, 0.2) is 11.5 Å². The van der Waals surface area contributed by atoms with Crippen molar-refractivity contribution in [2.75, 3.05) is 30.3 Å². The molecule has 0 aliphatic heterocycles. The zero-order chi connectivity index (χ0) is 19.1. The smallest absolute Gasteiger partial charge is 0.231 e. The zero-order valence-corrected chi connectivity index (χ0v) is 15.2. The third-order valence-electron chi connectivity index (χ3n) is 3.83. The van der Waals surface area contributed by atoms with E-state index in [9.17, 15) is 0 Å². The van der Waals surface area contributed by atoms with Crippen LogP contribution in [-0.2, 0) is 6.54 Å². The summed E-state index contributed by atoms with van der Waals surface area (Å²) < 4.78 is 10.6. The Morgan fingerprint density at radius 1 is 0.889 bits per heavy atom. The van der Waals surface area contributed by atoms with Gasteiger partial charge in [0, 0.05) is 18.3 Å². The number of nitrogens with one attached hydrogen (secondary N) is 3. The highest BCUT2D eigenvalue weighted by atomic mass is 16.5. The second-order valence-electron chi connectivity index (χ2n) is 5.64. The molecule has 3 aromatic rings. The fourth-order valence-electron chi connectivity index (χ4n) is 2.50. The van der Waals surface area contributed by atoms with Crippen molar-refractivity contribution < 1.29 is 9.47 Å². The first-order valence-corrected chi connectivity index (χ1v) is 8.34. The number of nitrogens with zero attached hydrogens (tertiary/aromatic N) is 2. The number of nitrogens with two attached hydrogens (primary N) is 1. The van der Waals surface area contributed by atoms with Crippen molar-refractivity contribution in [3.05, 3.63) is 60.2 Å². The Hall–Kier alpha value is -3.52. The summed E-state index contributed by atoms with van der Waals surface area (Å²) in [6.07, 6.45) is 0. The molecule has 140 valence electrons. The second-order valence-corrected chi connectivity index (χ2v) is 5.64. The summed E-state index contributed by atoms with van der Waals surface area (Å²) in [5, 5.41) is 6.42. The number of methoxy groups -OCH3 is 2. The van der Waals surface area contributed by atoms with Crippen LogP contribution in [0.3, 0.4) is 0 Å². The van der Waals surface area contributed by atoms with Crippen LogP contribution in [0.15, 0.2) is 54.6 Å². The predicted molar refractivity (Wildman–Crippen MR) is 106 cm³/mol. The van der Waals surface area contributed by atoms with E-state index in [0.717, 1.165) is 11.3 Å². The van der Waals surface area contributed by atoms with Gasteiger partial charge in [-0.3, -0.25) is 0 Å². The molecule has 1 heterocycles. The number of para-hydroxylation sites is 1. The lowest BCUT2D eigenvalue weighted by Gasteiger charge is -2.12. The molecule has 2 aromatic carbocycles. The molecule has 0 saturated carbocycles. The molecule has 0 amide bonds. The summed E-state index contributed by atoms with van der Waals surface area (Å²) in [6.45, 7) is 0.548. The van der Waals surface area contributed by atoms with E-state index < -0.39 is 0 Å². The van der Waals surface area contributed by atoms with Crippen molar-refractivity contribution in [2.24, 2.45) is 5.84 Å². The summed E-state index contributed by atoms with van der Waals surface area (Å²) >= 11 is 0. The van der Waals surface area contributed by atoms with Crippen LogP contribution in [-0.4, -0.2) is 24.2 Å². The molecular weight excluding hydrogens is 344 g/mol. The van der Waals surface area contributed by atoms with E-state index in [2.05, 4.69) is 26.0 Å². The number of benzene rings is 2. The molecule has 1 aromatic heterocycles. The average molecular weight is 366 g/mol. The van der Waals surface area contributed by atoms with E-state index in [4.69, 9.17) is 15.3 Å². The lowest BCUT2D eigenvalue weighted by molar-refractivity contribution is 0.354. The predicted octanol–water partition coefficient (Wildman–Crippen LogP) is 3.14. The van der Waals surface area contributed by atoms with Crippen molar-refractivity contribution in [3.63, 3.8) is 0 Å². The summed E-state index contributed by atoms with van der Waals surface area (Å²) in [4.78, 5) is 8.80. The summed E-state index contributed by atoms with van der Waals surface area (Å²) in [5.41, 5.74) is 4.46. The monoisotopic (exact) mass is 366 g/mol. The fourth-order valence-corrected chi connectivity index (χ4v) is 2.50. The molecule has 0 spiro atoms. The molecule has 27 heavy (non-hydrogen) atoms. The van der Waals surface area contributed by atoms with Crippen molar-refractivity contribution >= 4 is 23.3 Å². The van der Waals surface area contributed by atoms with Crippen molar-refractivity contribution in [2.45, 2.75) is 6.54 Å². The third kappa shape index (κ3) is 4.77. The fraction of sp³-hybridized carbons (Fsp3) is 0.158. The van der Waals surface area contributed by atoms with Crippen LogP contribution < -0.4 is 31.4 Å². The van der Waals surface area contributed by atoms with Crippen molar-refractivity contribution in [1.29, 1.82) is 0 Å². The molecule has 0 aliphatic carbocycles. The SMILES string of the molecule is COc1ccc(CNc2cc(NN)nc(Nc3ccccc3)n2)cc1OC. The van der Waals surface area contributed by atoms with Crippen LogP contribution in [0.1, 0.15) is 5.56 Å². The maximum Gasteiger partial charge on any atom is 0.231 e. The Kier molecular flexibility index (Phi) is 5.91. The molecule has 0 bridgehead atoms. The van der Waals surface area contributed by atoms with Gasteiger partial charge < -0.3 is 25.5 Å². The molecule has 3 rings (SSSR count). The highest BCUT2D eigenvalue weighted by Crippen LogP contribution is 2.28. The Labute approximate surface area is 157 Å². The Balaban J connectivity index is 1.75. The van der Waals surface area contributed by atoms with Gasteiger partial charge in [-0.2, -0.15) is 9.97 Å². The minimum Gasteiger partial charge on any atom is -0.493 e. The van der Waals surface area contributed by atoms with Gasteiger partial charge in [0.05, 0.1) is 14.2 Å². The number of hydrazine groups is 1. The largest absolute Gasteiger partial charge is 0.493 e. The van der Waals surface area contributed by atoms with Crippen molar-refractivity contribution in [3.8, 4) is 11.5 Å². The maximum absolute atomic E-state index is 5.53. The molecule has 8 nitrogen and oxygen atoms in total. The van der Waals surface area contributed by atoms with Crippen LogP contribution in [0, 0.1) is 0 Å². The number of anilines is 4. The van der Waals surface area contributed by atoms with Crippen LogP contribution in [0.5, 0.6) is 11.5 Å². The number of hydrogen-bond acceptors (Lipinski definition) is 8. The van der Waals surface area contributed by atoms with Crippen LogP contribution in [0.4, 0.5) is 23.3 Å². The lowest BCUT2D eigenvalue weighted by Crippen LogP contribution is -2.12. The maximum atomic E-state index is 5.53. The van der Waals surface area contributed by atoms with Gasteiger partial charge in [0.2, 0.25) is 5.95 Å². The molecule has 0 saturated heterocycles. The minimum absolute atomic E-state index is 0.437. The highest BCUT2D eigenvalue weighted by molar-refractivity contribution is 5.58. The first-order chi connectivity index (χ1) is 13.2. The molecule has 0 radical (unpaired) electrons. The quantitative estimate of drug-likeness (QED) is 0.356. The second kappa shape index (κ2) is 8.72. The molecule has 8 heteroatoms. The van der Waals surface area contributed by atoms with Crippen LogP contribution in [0.25, 0.3) is 0 Å². The Morgan fingerprint density at radius 3 is 2.33 bits per heavy atom. The molecule has 0 aliphatic rings. The van der Waals surface area contributed by atoms with E-state index in [0.29, 0.717) is 35.6 Å². The van der Waals surface area contributed by atoms with Gasteiger partial charge >= 0.3 is 0 Å². The molecule has 0 unspecified atom stereocenters. The number of nitrogen functional groups attached to an aromatic ring is 1. The van der Waals surface area contributed by atoms with Crippen LogP contribution >= 0.6 is 0 Å². The van der Waals surface area contributed by atoms with E-state index in [-0.39, 0.29) is 0 Å². The summed E-state index contributed by atoms with van der Waals surface area (Å²) in [7, 11) is 3.22. The zero-order valence-electron chi connectivity index (χ0n) is 15.2. The number of hydrogen-bond donors (Lipinski definition) is 4. The van der Waals surface area contributed by atoms with Gasteiger partial charge in [-0.25, -0.2) is 5.84 Å². The first-order valence-electron chi connectivity index (χ1n) is 8.34. The molecular formula is C19H22N6O2. The van der Waals surface area contributed by atoms with Crippen molar-refractivity contribution in [1.82, 2.24) is 9.97 Å². The highest BCUT2D eigenvalue weighted by Gasteiger charge is 2.07. The normalized spacial score (nSPS) is 10.2. The summed E-state index contributed by atoms with van der Waals surface area (Å²) in [6, 6.07) is 17.2. The van der Waals surface area contributed by atoms with E-state index in [1.165, 1.54) is 0 Å². The van der Waals surface area contributed by atoms with Gasteiger partial charge in [-0.1, -0.05) is 24.3 Å². The third-order valence-corrected chi connectivity index (χ3v) is 3.83. The van der Waals surface area contributed by atoms with Gasteiger partial charge in [0.1, 0.15) is 11.6 Å².